The number of pyridine rings is 1. The zero-order valence-corrected chi connectivity index (χ0v) is 21.8. The Morgan fingerprint density at radius 2 is 1.64 bits per heavy atom. The predicted octanol–water partition coefficient (Wildman–Crippen LogP) is 4.21. The Kier molecular flexibility index (Phi) is 8.06. The number of alkyl halides is 6. The number of nitrogens with zero attached hydrogens (tertiary/aromatic N) is 1. The van der Waals surface area contributed by atoms with Crippen molar-refractivity contribution in [2.24, 2.45) is 0 Å². The molecule has 2 aromatic rings. The van der Waals surface area contributed by atoms with Crippen molar-refractivity contribution < 1.29 is 60.1 Å². The number of hydrogen-bond donors (Lipinski definition) is 3. The van der Waals surface area contributed by atoms with Crippen molar-refractivity contribution in [1.29, 1.82) is 0 Å². The van der Waals surface area contributed by atoms with E-state index in [2.05, 4.69) is 20.4 Å². The lowest BCUT2D eigenvalue weighted by molar-refractivity contribution is -0.274. The molecule has 2 heterocycles. The monoisotopic (exact) mass is 623 g/mol. The van der Waals surface area contributed by atoms with E-state index in [-0.39, 0.29) is 17.9 Å². The van der Waals surface area contributed by atoms with Gasteiger partial charge in [0.25, 0.3) is 11.8 Å². The van der Waals surface area contributed by atoms with Gasteiger partial charge in [-0.3, -0.25) is 14.4 Å². The third-order valence-corrected chi connectivity index (χ3v) is 7.06. The van der Waals surface area contributed by atoms with Gasteiger partial charge in [-0.25, -0.2) is 9.78 Å². The molecular formula is C25H20ClF6N3O7. The van der Waals surface area contributed by atoms with Gasteiger partial charge in [0.05, 0.1) is 18.2 Å². The zero-order chi connectivity index (χ0) is 31.1. The topological polar surface area (TPSA) is 144 Å². The normalized spacial score (nSPS) is 24.2. The molecule has 1 atom stereocenters. The number of carbonyl (C=O) groups excluding carboxylic acids is 3. The minimum absolute atomic E-state index is 0.0461. The van der Waals surface area contributed by atoms with Crippen molar-refractivity contribution in [3.05, 3.63) is 52.8 Å². The number of ketones is 1. The zero-order valence-electron chi connectivity index (χ0n) is 21.1. The molecule has 6 rings (SSSR count). The first-order valence-corrected chi connectivity index (χ1v) is 12.4. The van der Waals surface area contributed by atoms with Crippen molar-refractivity contribution in [3.8, 4) is 11.5 Å². The Morgan fingerprint density at radius 3 is 2.19 bits per heavy atom. The summed E-state index contributed by atoms with van der Waals surface area (Å²) in [5.41, 5.74) is -0.762. The lowest BCUT2D eigenvalue weighted by atomic mass is 9.71. The molecule has 17 heteroatoms. The van der Waals surface area contributed by atoms with Crippen LogP contribution in [0.5, 0.6) is 11.5 Å². The van der Waals surface area contributed by atoms with Gasteiger partial charge in [0.1, 0.15) is 17.2 Å². The van der Waals surface area contributed by atoms with Gasteiger partial charge in [-0.1, -0.05) is 11.6 Å². The van der Waals surface area contributed by atoms with E-state index in [0.717, 1.165) is 18.3 Å². The summed E-state index contributed by atoms with van der Waals surface area (Å²) >= 11 is 5.93. The summed E-state index contributed by atoms with van der Waals surface area (Å²) in [4.78, 5) is 50.6. The van der Waals surface area contributed by atoms with Gasteiger partial charge in [-0.05, 0) is 56.0 Å². The second-order valence-corrected chi connectivity index (χ2v) is 10.4. The highest BCUT2D eigenvalue weighted by Gasteiger charge is 2.62. The SMILES string of the molecule is O=C(NC12CCC(NC(=O)[C@H]3CC(=O)c4cc(Cl)ccc4O3)(C1)C2)c1ccc(OC(F)(F)F)cn1.O=C(O)C(F)(F)F. The summed E-state index contributed by atoms with van der Waals surface area (Å²) in [5, 5.41) is 13.4. The molecule has 0 saturated heterocycles. The number of halogens is 7. The number of hydrogen-bond acceptors (Lipinski definition) is 7. The van der Waals surface area contributed by atoms with E-state index in [1.807, 2.05) is 0 Å². The van der Waals surface area contributed by atoms with Crippen LogP contribution in [0.2, 0.25) is 5.02 Å². The fourth-order valence-electron chi connectivity index (χ4n) is 5.18. The molecule has 0 spiro atoms. The second-order valence-electron chi connectivity index (χ2n) is 9.96. The smallest absolute Gasteiger partial charge is 0.479 e. The van der Waals surface area contributed by atoms with E-state index in [4.69, 9.17) is 26.2 Å². The van der Waals surface area contributed by atoms with E-state index < -0.39 is 53.3 Å². The van der Waals surface area contributed by atoms with Crippen LogP contribution in [0.1, 0.15) is 53.0 Å². The molecule has 1 aromatic carbocycles. The molecule has 3 saturated carbocycles. The Morgan fingerprint density at radius 1 is 1.02 bits per heavy atom. The van der Waals surface area contributed by atoms with Crippen LogP contribution >= 0.6 is 11.6 Å². The van der Waals surface area contributed by atoms with Gasteiger partial charge in [0.15, 0.2) is 11.9 Å². The van der Waals surface area contributed by atoms with Crippen LogP contribution in [0, 0.1) is 0 Å². The van der Waals surface area contributed by atoms with Crippen LogP contribution in [-0.2, 0) is 9.59 Å². The molecule has 2 amide bonds. The maximum atomic E-state index is 12.9. The minimum atomic E-state index is -5.08. The van der Waals surface area contributed by atoms with Gasteiger partial charge < -0.3 is 25.2 Å². The van der Waals surface area contributed by atoms with Crippen molar-refractivity contribution >= 4 is 35.2 Å². The van der Waals surface area contributed by atoms with Gasteiger partial charge in [-0.2, -0.15) is 13.2 Å². The first kappa shape index (κ1) is 30.9. The lowest BCUT2D eigenvalue weighted by Gasteiger charge is -2.48. The molecule has 1 aliphatic heterocycles. The molecule has 4 aliphatic rings. The van der Waals surface area contributed by atoms with Crippen LogP contribution in [-0.4, -0.2) is 63.4 Å². The molecule has 10 nitrogen and oxygen atoms in total. The number of ether oxygens (including phenoxy) is 2. The quantitative estimate of drug-likeness (QED) is 0.420. The standard InChI is InChI=1S/C23H19ClF3N3O5.C2HF3O2/c24-12-1-4-17-14(7-12)16(31)8-18(34-17)20(33)30-22-6-5-21(10-22,11-22)29-19(32)15-3-2-13(9-28-15)35-23(25,26)27;3-2(4,5)1(6)7/h1-4,7,9,18H,5-6,8,10-11H2,(H,29,32)(H,30,33);(H,6,7)/t18-,21?,22?;/m1./s1. The van der Waals surface area contributed by atoms with Gasteiger partial charge in [0, 0.05) is 16.1 Å². The fraction of sp³-hybridized carbons (Fsp3) is 0.400. The highest BCUT2D eigenvalue weighted by Crippen LogP contribution is 2.55. The lowest BCUT2D eigenvalue weighted by Crippen LogP contribution is -2.65. The summed E-state index contributed by atoms with van der Waals surface area (Å²) < 4.78 is 78.1. The number of aliphatic carboxylic acids is 1. The van der Waals surface area contributed by atoms with Crippen LogP contribution in [0.25, 0.3) is 0 Å². The number of amides is 2. The molecule has 2 bridgehead atoms. The largest absolute Gasteiger partial charge is 0.573 e. The summed E-state index contributed by atoms with van der Waals surface area (Å²) in [6.45, 7) is 0. The number of carboxylic acids is 1. The van der Waals surface area contributed by atoms with Gasteiger partial charge >= 0.3 is 18.5 Å². The molecule has 3 fully saturated rings. The van der Waals surface area contributed by atoms with E-state index in [1.165, 1.54) is 6.07 Å². The number of nitrogens with one attached hydrogen (secondary N) is 2. The number of Topliss-reactive ketones (excluding diaryl/α,β-unsaturated/α-hetero) is 1. The first-order chi connectivity index (χ1) is 19.4. The van der Waals surface area contributed by atoms with Gasteiger partial charge in [-0.15, -0.1) is 13.2 Å². The van der Waals surface area contributed by atoms with Crippen LogP contribution in [0.3, 0.4) is 0 Å². The van der Waals surface area contributed by atoms with Crippen LogP contribution < -0.4 is 20.1 Å². The van der Waals surface area contributed by atoms with Crippen LogP contribution in [0.15, 0.2) is 36.5 Å². The first-order valence-electron chi connectivity index (χ1n) is 12.1. The number of carbonyl (C=O) groups is 4. The summed E-state index contributed by atoms with van der Waals surface area (Å²) in [5.74, 6) is -4.12. The Balaban J connectivity index is 0.000000517. The average Bonchev–Trinajstić information content (AvgIpc) is 3.38. The third-order valence-electron chi connectivity index (χ3n) is 6.82. The van der Waals surface area contributed by atoms with Crippen molar-refractivity contribution in [2.75, 3.05) is 0 Å². The highest BCUT2D eigenvalue weighted by molar-refractivity contribution is 6.31. The molecule has 1 aromatic heterocycles. The van der Waals surface area contributed by atoms with E-state index >= 15 is 0 Å². The molecule has 226 valence electrons. The minimum Gasteiger partial charge on any atom is -0.479 e. The Labute approximate surface area is 237 Å². The molecular weight excluding hydrogens is 604 g/mol. The second kappa shape index (κ2) is 11.0. The highest BCUT2D eigenvalue weighted by atomic mass is 35.5. The predicted molar refractivity (Wildman–Crippen MR) is 129 cm³/mol. The molecule has 42 heavy (non-hydrogen) atoms. The number of aromatic nitrogens is 1. The Bertz CT molecular complexity index is 1410. The van der Waals surface area contributed by atoms with Gasteiger partial charge in [0.2, 0.25) is 0 Å². The van der Waals surface area contributed by atoms with Crippen molar-refractivity contribution in [3.63, 3.8) is 0 Å². The fourth-order valence-corrected chi connectivity index (χ4v) is 5.35. The van der Waals surface area contributed by atoms with Crippen molar-refractivity contribution in [2.45, 2.75) is 61.8 Å². The maximum Gasteiger partial charge on any atom is 0.573 e. The third kappa shape index (κ3) is 7.03. The summed E-state index contributed by atoms with van der Waals surface area (Å²) in [6, 6.07) is 6.82. The summed E-state index contributed by atoms with van der Waals surface area (Å²) in [6.07, 6.45) is -7.95. The summed E-state index contributed by atoms with van der Waals surface area (Å²) in [7, 11) is 0. The number of benzene rings is 1. The molecule has 3 N–H and O–H groups in total. The van der Waals surface area contributed by atoms with E-state index in [1.54, 1.807) is 12.1 Å². The number of carboxylic acid groups (broad SMARTS) is 1. The van der Waals surface area contributed by atoms with E-state index in [0.29, 0.717) is 42.0 Å². The number of fused-ring (bicyclic) bond motifs is 2. The van der Waals surface area contributed by atoms with Crippen molar-refractivity contribution in [1.82, 2.24) is 15.6 Å². The number of rotatable bonds is 5. The molecule has 0 unspecified atom stereocenters. The average molecular weight is 624 g/mol. The van der Waals surface area contributed by atoms with E-state index in [9.17, 15) is 40.7 Å². The molecule has 0 radical (unpaired) electrons. The maximum absolute atomic E-state index is 12.9. The molecule has 3 aliphatic carbocycles. The Hall–Kier alpha value is -4.08. The van der Waals surface area contributed by atoms with Crippen LogP contribution in [0.4, 0.5) is 26.3 Å².